The molecule has 4 rings (SSSR count). The smallest absolute Gasteiger partial charge is 0.324 e. The van der Waals surface area contributed by atoms with Crippen LogP contribution in [0.3, 0.4) is 0 Å². The van der Waals surface area contributed by atoms with Crippen molar-refractivity contribution in [3.8, 4) is 0 Å². The van der Waals surface area contributed by atoms with Crippen LogP contribution >= 0.6 is 11.8 Å². The molecule has 3 N–H and O–H groups in total. The van der Waals surface area contributed by atoms with Crippen LogP contribution in [0.2, 0.25) is 0 Å². The molecule has 2 fully saturated rings. The summed E-state index contributed by atoms with van der Waals surface area (Å²) in [6.07, 6.45) is 3.95. The number of hydrogen-bond acceptors (Lipinski definition) is 5. The lowest BCUT2D eigenvalue weighted by molar-refractivity contribution is -0.134. The maximum absolute atomic E-state index is 12.7. The highest BCUT2D eigenvalue weighted by atomic mass is 32.2. The first-order valence-corrected chi connectivity index (χ1v) is 9.87. The second-order valence-electron chi connectivity index (χ2n) is 7.11. The average Bonchev–Trinajstić information content (AvgIpc) is 2.87. The van der Waals surface area contributed by atoms with E-state index in [9.17, 15) is 19.2 Å². The Morgan fingerprint density at radius 2 is 1.96 bits per heavy atom. The summed E-state index contributed by atoms with van der Waals surface area (Å²) in [7, 11) is 0. The van der Waals surface area contributed by atoms with Crippen molar-refractivity contribution < 1.29 is 19.2 Å². The molecule has 5 amide bonds. The predicted molar refractivity (Wildman–Crippen MR) is 99.1 cm³/mol. The Kier molecular flexibility index (Phi) is 4.33. The van der Waals surface area contributed by atoms with Gasteiger partial charge >= 0.3 is 6.03 Å². The predicted octanol–water partition coefficient (Wildman–Crippen LogP) is 2.02. The first kappa shape index (κ1) is 17.8. The molecular formula is C18H20N4O4S. The quantitative estimate of drug-likeness (QED) is 0.672. The van der Waals surface area contributed by atoms with Gasteiger partial charge in [0.15, 0.2) is 0 Å². The van der Waals surface area contributed by atoms with Crippen molar-refractivity contribution in [2.75, 3.05) is 5.32 Å². The monoisotopic (exact) mass is 388 g/mol. The Balaban J connectivity index is 1.51. The summed E-state index contributed by atoms with van der Waals surface area (Å²) in [6.45, 7) is 1.81. The third-order valence-electron chi connectivity index (χ3n) is 5.25. The van der Waals surface area contributed by atoms with Crippen molar-refractivity contribution in [2.24, 2.45) is 0 Å². The van der Waals surface area contributed by atoms with Gasteiger partial charge in [0.25, 0.3) is 11.8 Å². The van der Waals surface area contributed by atoms with Gasteiger partial charge in [0, 0.05) is 10.5 Å². The SMILES string of the molecule is C[C@@H]1Sc2ccc(C(=O)NN3C(=O)NC4(CCCCC4)C3=O)cc2NC1=O. The van der Waals surface area contributed by atoms with Gasteiger partial charge in [-0.15, -0.1) is 11.8 Å². The molecule has 1 saturated heterocycles. The molecule has 0 radical (unpaired) electrons. The first-order chi connectivity index (χ1) is 12.9. The molecule has 1 aromatic rings. The highest BCUT2D eigenvalue weighted by molar-refractivity contribution is 8.00. The second kappa shape index (κ2) is 6.56. The van der Waals surface area contributed by atoms with Gasteiger partial charge in [0.05, 0.1) is 10.9 Å². The molecule has 1 spiro atoms. The van der Waals surface area contributed by atoms with E-state index in [0.717, 1.165) is 29.2 Å². The van der Waals surface area contributed by atoms with Crippen LogP contribution in [0.4, 0.5) is 10.5 Å². The summed E-state index contributed by atoms with van der Waals surface area (Å²) >= 11 is 1.42. The molecule has 2 heterocycles. The number of hydrogen-bond donors (Lipinski definition) is 3. The fourth-order valence-electron chi connectivity index (χ4n) is 3.73. The van der Waals surface area contributed by atoms with Crippen LogP contribution in [0, 0.1) is 0 Å². The number of benzene rings is 1. The minimum absolute atomic E-state index is 0.126. The number of urea groups is 1. The zero-order valence-corrected chi connectivity index (χ0v) is 15.6. The molecule has 1 aliphatic carbocycles. The summed E-state index contributed by atoms with van der Waals surface area (Å²) in [6, 6.07) is 4.31. The van der Waals surface area contributed by atoms with E-state index in [4.69, 9.17) is 0 Å². The van der Waals surface area contributed by atoms with E-state index in [0.29, 0.717) is 18.5 Å². The van der Waals surface area contributed by atoms with Gasteiger partial charge in [0.1, 0.15) is 5.54 Å². The number of nitrogens with one attached hydrogen (secondary N) is 3. The molecule has 1 atom stereocenters. The van der Waals surface area contributed by atoms with Crippen LogP contribution in [0.25, 0.3) is 0 Å². The van der Waals surface area contributed by atoms with Crippen LogP contribution < -0.4 is 16.1 Å². The maximum atomic E-state index is 12.7. The Labute approximate surface area is 160 Å². The number of carbonyl (C=O) groups excluding carboxylic acids is 4. The molecule has 8 nitrogen and oxygen atoms in total. The lowest BCUT2D eigenvalue weighted by Crippen LogP contribution is -2.50. The number of fused-ring (bicyclic) bond motifs is 1. The number of imide groups is 1. The molecule has 1 saturated carbocycles. The minimum atomic E-state index is -0.890. The number of rotatable bonds is 2. The van der Waals surface area contributed by atoms with Gasteiger partial charge in [-0.2, -0.15) is 5.01 Å². The summed E-state index contributed by atoms with van der Waals surface area (Å²) < 4.78 is 0. The summed E-state index contributed by atoms with van der Waals surface area (Å²) in [4.78, 5) is 50.3. The fourth-order valence-corrected chi connectivity index (χ4v) is 4.66. The van der Waals surface area contributed by atoms with Crippen LogP contribution in [-0.2, 0) is 9.59 Å². The van der Waals surface area contributed by atoms with E-state index in [2.05, 4.69) is 16.1 Å². The van der Waals surface area contributed by atoms with Gasteiger partial charge < -0.3 is 10.6 Å². The number of amides is 5. The van der Waals surface area contributed by atoms with Crippen molar-refractivity contribution in [3.05, 3.63) is 23.8 Å². The van der Waals surface area contributed by atoms with Crippen molar-refractivity contribution in [1.29, 1.82) is 0 Å². The van der Waals surface area contributed by atoms with E-state index < -0.39 is 23.4 Å². The van der Waals surface area contributed by atoms with E-state index in [1.807, 2.05) is 6.92 Å². The zero-order chi connectivity index (χ0) is 19.2. The fraction of sp³-hybridized carbons (Fsp3) is 0.444. The highest BCUT2D eigenvalue weighted by Crippen LogP contribution is 2.36. The molecule has 0 bridgehead atoms. The van der Waals surface area contributed by atoms with Crippen LogP contribution in [-0.4, -0.2) is 39.6 Å². The number of carbonyl (C=O) groups is 4. The van der Waals surface area contributed by atoms with Crippen LogP contribution in [0.15, 0.2) is 23.1 Å². The third kappa shape index (κ3) is 3.05. The van der Waals surface area contributed by atoms with Gasteiger partial charge in [-0.05, 0) is 38.0 Å². The standard InChI is InChI=1S/C18H20N4O4S/c1-10-14(23)19-12-9-11(5-6-13(12)27-10)15(24)21-22-16(25)18(20-17(22)26)7-3-2-4-8-18/h5-6,9-10H,2-4,7-8H2,1H3,(H,19,23)(H,20,26)(H,21,24)/t10-/m0/s1. The molecule has 1 aromatic carbocycles. The molecular weight excluding hydrogens is 368 g/mol. The molecule has 27 heavy (non-hydrogen) atoms. The van der Waals surface area contributed by atoms with Crippen molar-refractivity contribution in [3.63, 3.8) is 0 Å². The van der Waals surface area contributed by atoms with Crippen molar-refractivity contribution in [1.82, 2.24) is 15.8 Å². The molecule has 3 aliphatic rings. The first-order valence-electron chi connectivity index (χ1n) is 8.99. The van der Waals surface area contributed by atoms with Gasteiger partial charge in [-0.25, -0.2) is 4.79 Å². The summed E-state index contributed by atoms with van der Waals surface area (Å²) in [5.74, 6) is -1.11. The van der Waals surface area contributed by atoms with Crippen LogP contribution in [0.5, 0.6) is 0 Å². The Morgan fingerprint density at radius 1 is 1.22 bits per heavy atom. The number of thioether (sulfide) groups is 1. The van der Waals surface area contributed by atoms with Crippen molar-refractivity contribution >= 4 is 41.2 Å². The van der Waals surface area contributed by atoms with Gasteiger partial charge in [0.2, 0.25) is 5.91 Å². The van der Waals surface area contributed by atoms with E-state index >= 15 is 0 Å². The van der Waals surface area contributed by atoms with Crippen molar-refractivity contribution in [2.45, 2.75) is 54.7 Å². The largest absolute Gasteiger partial charge is 0.344 e. The Bertz CT molecular complexity index is 850. The van der Waals surface area contributed by atoms with E-state index in [-0.39, 0.29) is 16.7 Å². The van der Waals surface area contributed by atoms with Gasteiger partial charge in [-0.1, -0.05) is 19.3 Å². The van der Waals surface area contributed by atoms with Gasteiger partial charge in [-0.3, -0.25) is 19.8 Å². The Morgan fingerprint density at radius 3 is 2.70 bits per heavy atom. The number of anilines is 1. The van der Waals surface area contributed by atoms with Crippen LogP contribution in [0.1, 0.15) is 49.4 Å². The molecule has 9 heteroatoms. The second-order valence-corrected chi connectivity index (χ2v) is 8.50. The minimum Gasteiger partial charge on any atom is -0.324 e. The highest BCUT2D eigenvalue weighted by Gasteiger charge is 2.52. The number of hydrazine groups is 1. The third-order valence-corrected chi connectivity index (χ3v) is 6.43. The average molecular weight is 388 g/mol. The molecule has 2 aliphatic heterocycles. The zero-order valence-electron chi connectivity index (χ0n) is 14.8. The lowest BCUT2D eigenvalue weighted by atomic mass is 9.82. The molecule has 0 unspecified atom stereocenters. The summed E-state index contributed by atoms with van der Waals surface area (Å²) in [5.41, 5.74) is 2.33. The summed E-state index contributed by atoms with van der Waals surface area (Å²) in [5, 5.41) is 6.09. The maximum Gasteiger partial charge on any atom is 0.344 e. The van der Waals surface area contributed by atoms with E-state index in [1.54, 1.807) is 18.2 Å². The normalized spacial score (nSPS) is 23.7. The van der Waals surface area contributed by atoms with E-state index in [1.165, 1.54) is 11.8 Å². The topological polar surface area (TPSA) is 108 Å². The molecule has 142 valence electrons. The molecule has 0 aromatic heterocycles. The Hall–Kier alpha value is -2.55. The number of nitrogens with zero attached hydrogens (tertiary/aromatic N) is 1. The lowest BCUT2D eigenvalue weighted by Gasteiger charge is -2.30.